The molecule has 0 saturated heterocycles. The van der Waals surface area contributed by atoms with Gasteiger partial charge in [0.2, 0.25) is 0 Å². The van der Waals surface area contributed by atoms with Gasteiger partial charge in [0.05, 0.1) is 0 Å². The van der Waals surface area contributed by atoms with E-state index in [1.54, 1.807) is 0 Å². The maximum absolute atomic E-state index is 3.90. The van der Waals surface area contributed by atoms with Crippen LogP contribution >= 0.6 is 8.86 Å². The second-order valence-electron chi connectivity index (χ2n) is 5.03. The molecule has 3 aromatic rings. The number of benzene rings is 3. The van der Waals surface area contributed by atoms with Crippen LogP contribution in [0.3, 0.4) is 0 Å². The van der Waals surface area contributed by atoms with Crippen molar-refractivity contribution >= 4 is 14.2 Å². The van der Waals surface area contributed by atoms with Crippen LogP contribution in [0.1, 0.15) is 22.6 Å². The normalized spacial score (nSPS) is 10.5. The van der Waals surface area contributed by atoms with Crippen LogP contribution in [-0.4, -0.2) is 5.29 Å². The van der Waals surface area contributed by atoms with Crippen molar-refractivity contribution in [3.8, 4) is 0 Å². The molecule has 3 rings (SSSR count). The van der Waals surface area contributed by atoms with Crippen LogP contribution in [0, 0.1) is 0 Å². The van der Waals surface area contributed by atoms with Gasteiger partial charge in [0.15, 0.2) is 0 Å². The van der Waals surface area contributed by atoms with Crippen molar-refractivity contribution in [1.82, 2.24) is 0 Å². The Kier molecular flexibility index (Phi) is 4.28. The highest BCUT2D eigenvalue weighted by atomic mass is 31.0. The van der Waals surface area contributed by atoms with Crippen molar-refractivity contribution in [2.75, 3.05) is 0 Å². The summed E-state index contributed by atoms with van der Waals surface area (Å²) < 4.78 is 0. The average molecular weight is 288 g/mol. The molecule has 0 fully saturated rings. The van der Waals surface area contributed by atoms with E-state index < -0.39 is 0 Å². The van der Waals surface area contributed by atoms with Gasteiger partial charge in [0.1, 0.15) is 0 Å². The molecule has 0 aliphatic heterocycles. The third-order valence-corrected chi connectivity index (χ3v) is 4.22. The van der Waals surface area contributed by atoms with E-state index in [0.717, 1.165) is 0 Å². The van der Waals surface area contributed by atoms with E-state index in [1.807, 2.05) is 6.07 Å². The fourth-order valence-electron chi connectivity index (χ4n) is 2.60. The van der Waals surface area contributed by atoms with Gasteiger partial charge in [0.25, 0.3) is 0 Å². The van der Waals surface area contributed by atoms with Crippen molar-refractivity contribution < 1.29 is 0 Å². The molecule has 21 heavy (non-hydrogen) atoms. The van der Waals surface area contributed by atoms with E-state index in [2.05, 4.69) is 93.8 Å². The summed E-state index contributed by atoms with van der Waals surface area (Å²) in [5.41, 5.74) is 3.79. The Balaban J connectivity index is 2.07. The first-order valence-corrected chi connectivity index (χ1v) is 7.60. The number of hydrogen-bond donors (Lipinski definition) is 0. The lowest BCUT2D eigenvalue weighted by Gasteiger charge is -2.20. The summed E-state index contributed by atoms with van der Waals surface area (Å²) in [6.07, 6.45) is 0. The summed E-state index contributed by atoms with van der Waals surface area (Å²) in [6, 6.07) is 31.7. The fourth-order valence-corrected chi connectivity index (χ4v) is 3.10. The van der Waals surface area contributed by atoms with Crippen LogP contribution in [0.5, 0.6) is 0 Å². The van der Waals surface area contributed by atoms with E-state index >= 15 is 0 Å². The van der Waals surface area contributed by atoms with Gasteiger partial charge in [-0.25, -0.2) is 0 Å². The zero-order chi connectivity index (χ0) is 14.5. The zero-order valence-corrected chi connectivity index (χ0v) is 12.7. The second kappa shape index (κ2) is 6.52. The molecule has 0 spiro atoms. The first-order chi connectivity index (χ1) is 10.4. The summed E-state index contributed by atoms with van der Waals surface area (Å²) in [5, 5.41) is 1.19. The molecule has 0 unspecified atom stereocenters. The lowest BCUT2D eigenvalue weighted by molar-refractivity contribution is 1.10. The molecule has 0 radical (unpaired) electrons. The van der Waals surface area contributed by atoms with Crippen molar-refractivity contribution in [1.29, 1.82) is 0 Å². The first kappa shape index (κ1) is 13.8. The van der Waals surface area contributed by atoms with Crippen LogP contribution in [0.2, 0.25) is 0 Å². The van der Waals surface area contributed by atoms with Gasteiger partial charge in [0, 0.05) is 5.92 Å². The molecule has 0 aromatic heterocycles. The molecule has 0 N–H and O–H groups in total. The SMILES string of the molecule is P=C(c1ccccc1)C(c1ccccc1)c1ccccc1. The van der Waals surface area contributed by atoms with Crippen LogP contribution < -0.4 is 0 Å². The van der Waals surface area contributed by atoms with Crippen molar-refractivity contribution in [3.05, 3.63) is 108 Å². The smallest absolute Gasteiger partial charge is 0.0383 e. The maximum atomic E-state index is 3.90. The number of rotatable bonds is 4. The molecule has 0 amide bonds. The zero-order valence-electron chi connectivity index (χ0n) is 11.7. The summed E-state index contributed by atoms with van der Waals surface area (Å²) in [6.45, 7) is 0. The third kappa shape index (κ3) is 3.12. The summed E-state index contributed by atoms with van der Waals surface area (Å²) in [4.78, 5) is 0. The summed E-state index contributed by atoms with van der Waals surface area (Å²) in [5.74, 6) is 0.214. The van der Waals surface area contributed by atoms with E-state index in [1.165, 1.54) is 22.0 Å². The molecule has 0 atom stereocenters. The Bertz CT molecular complexity index is 663. The summed E-state index contributed by atoms with van der Waals surface area (Å²) in [7, 11) is 3.90. The predicted molar refractivity (Wildman–Crippen MR) is 93.6 cm³/mol. The molecule has 0 heterocycles. The molecule has 0 aliphatic carbocycles. The van der Waals surface area contributed by atoms with Crippen LogP contribution in [-0.2, 0) is 0 Å². The maximum Gasteiger partial charge on any atom is 0.0383 e. The van der Waals surface area contributed by atoms with Crippen molar-refractivity contribution in [2.24, 2.45) is 0 Å². The highest BCUT2D eigenvalue weighted by molar-refractivity contribution is 7.22. The highest BCUT2D eigenvalue weighted by Crippen LogP contribution is 2.29. The van der Waals surface area contributed by atoms with Gasteiger partial charge >= 0.3 is 0 Å². The van der Waals surface area contributed by atoms with Gasteiger partial charge in [-0.1, -0.05) is 91.0 Å². The Hall–Kier alpha value is -2.17. The van der Waals surface area contributed by atoms with Crippen molar-refractivity contribution in [3.63, 3.8) is 0 Å². The number of hydrogen-bond acceptors (Lipinski definition) is 0. The van der Waals surface area contributed by atoms with Crippen LogP contribution in [0.4, 0.5) is 0 Å². The lowest BCUT2D eigenvalue weighted by Crippen LogP contribution is -2.13. The Morgan fingerprint density at radius 2 is 0.952 bits per heavy atom. The molecular weight excluding hydrogens is 271 g/mol. The Morgan fingerprint density at radius 1 is 0.571 bits per heavy atom. The highest BCUT2D eigenvalue weighted by Gasteiger charge is 2.18. The minimum Gasteiger partial charge on any atom is -0.117 e. The van der Waals surface area contributed by atoms with Gasteiger partial charge in [-0.05, 0) is 22.0 Å². The van der Waals surface area contributed by atoms with E-state index in [4.69, 9.17) is 0 Å². The minimum absolute atomic E-state index is 0.214. The fraction of sp³-hybridized carbons (Fsp3) is 0.0500. The molecule has 0 saturated carbocycles. The third-order valence-electron chi connectivity index (χ3n) is 3.64. The lowest BCUT2D eigenvalue weighted by atomic mass is 9.86. The molecule has 0 aliphatic rings. The molecule has 1 heteroatoms. The van der Waals surface area contributed by atoms with E-state index in [-0.39, 0.29) is 5.92 Å². The Morgan fingerprint density at radius 3 is 1.38 bits per heavy atom. The first-order valence-electron chi connectivity index (χ1n) is 7.10. The average Bonchev–Trinajstić information content (AvgIpc) is 2.58. The van der Waals surface area contributed by atoms with Crippen LogP contribution in [0.25, 0.3) is 0 Å². The quantitative estimate of drug-likeness (QED) is 0.580. The molecule has 102 valence electrons. The topological polar surface area (TPSA) is 0 Å². The molecule has 3 aromatic carbocycles. The second-order valence-corrected chi connectivity index (χ2v) is 5.57. The van der Waals surface area contributed by atoms with Gasteiger partial charge in [-0.15, -0.1) is 8.86 Å². The molecular formula is C20H17P. The molecule has 0 nitrogen and oxygen atoms in total. The monoisotopic (exact) mass is 288 g/mol. The van der Waals surface area contributed by atoms with E-state index in [9.17, 15) is 0 Å². The van der Waals surface area contributed by atoms with Crippen LogP contribution in [0.15, 0.2) is 91.0 Å². The predicted octanol–water partition coefficient (Wildman–Crippen LogP) is 5.18. The van der Waals surface area contributed by atoms with Gasteiger partial charge in [-0.3, -0.25) is 0 Å². The van der Waals surface area contributed by atoms with Crippen molar-refractivity contribution in [2.45, 2.75) is 5.92 Å². The molecule has 0 bridgehead atoms. The van der Waals surface area contributed by atoms with E-state index in [0.29, 0.717) is 0 Å². The Labute approximate surface area is 128 Å². The summed E-state index contributed by atoms with van der Waals surface area (Å²) >= 11 is 0. The largest absolute Gasteiger partial charge is 0.117 e. The standard InChI is InChI=1S/C20H17P/c21-20(18-14-8-3-9-15-18)19(16-10-4-1-5-11-16)17-12-6-2-7-13-17/h1-15,19,21H. The van der Waals surface area contributed by atoms with Gasteiger partial charge in [-0.2, -0.15) is 0 Å². The minimum atomic E-state index is 0.214. The van der Waals surface area contributed by atoms with Gasteiger partial charge < -0.3 is 0 Å².